The first-order valence-electron chi connectivity index (χ1n) is 0.408. The van der Waals surface area contributed by atoms with Crippen molar-refractivity contribution in [3.63, 3.8) is 0 Å². The second kappa shape index (κ2) is 35.0. The molecule has 6 heavy (non-hydrogen) atoms. The molecule has 6 heteroatoms. The molecule has 0 rings (SSSR count). The maximum Gasteiger partial charge on any atom is 0 e. The fourth-order valence-electron chi connectivity index (χ4n) is 0. The van der Waals surface area contributed by atoms with Crippen LogP contribution in [0.3, 0.4) is 0 Å². The molecule has 0 aromatic heterocycles. The third kappa shape index (κ3) is 24.1. The van der Waals surface area contributed by atoms with Crippen LogP contribution in [0.25, 0.3) is 0 Å². The van der Waals surface area contributed by atoms with Crippen molar-refractivity contribution in [2.75, 3.05) is 0 Å². The zero-order valence-corrected chi connectivity index (χ0v) is 14.4. The molecule has 0 aliphatic carbocycles. The molecule has 0 bridgehead atoms. The van der Waals surface area contributed by atoms with Crippen LogP contribution in [-0.2, 0) is 44.8 Å². The van der Waals surface area contributed by atoms with Crippen LogP contribution < -0.4 is 3.72 Å². The zero-order chi connectivity index (χ0) is 2.00. The van der Waals surface area contributed by atoms with Crippen molar-refractivity contribution in [3.8, 4) is 0 Å². The molecule has 27 valence electrons. The van der Waals surface area contributed by atoms with Crippen molar-refractivity contribution in [1.82, 2.24) is 0 Å². The average molecular weight is 547 g/mol. The van der Waals surface area contributed by atoms with Gasteiger partial charge in [0.2, 0.25) is 0 Å². The van der Waals surface area contributed by atoms with E-state index < -0.39 is 0 Å². The quantitative estimate of drug-likeness (QED) is 0.342. The van der Waals surface area contributed by atoms with Crippen molar-refractivity contribution in [2.45, 2.75) is 0 Å². The van der Waals surface area contributed by atoms with Crippen molar-refractivity contribution in [2.24, 2.45) is 0 Å². The van der Waals surface area contributed by atoms with Crippen molar-refractivity contribution in [1.29, 1.82) is 0 Å². The summed E-state index contributed by atoms with van der Waals surface area (Å²) >= 11 is 1.44. The maximum absolute atomic E-state index is 3.31. The van der Waals surface area contributed by atoms with Gasteiger partial charge in [-0.25, -0.2) is 0 Å². The van der Waals surface area contributed by atoms with Gasteiger partial charge in [-0.2, -0.15) is 0 Å². The predicted octanol–water partition coefficient (Wildman–Crippen LogP) is -1.96. The van der Waals surface area contributed by atoms with E-state index in [2.05, 4.69) is 3.72 Å². The third-order valence-electron chi connectivity index (χ3n) is 0. The Morgan fingerprint density at radius 2 is 1.33 bits per heavy atom. The van der Waals surface area contributed by atoms with Crippen LogP contribution in [0.1, 0.15) is 1.43 Å². The summed E-state index contributed by atoms with van der Waals surface area (Å²) in [7, 11) is 0. The first-order valence-corrected chi connectivity index (χ1v) is 1.68. The summed E-state index contributed by atoms with van der Waals surface area (Å²) in [5.41, 5.74) is 0. The molecule has 0 amide bonds. The Bertz CT molecular complexity index is 19.7. The molecule has 0 heterocycles. The average Bonchev–Trinajstić information content (AvgIpc) is 1.00. The summed E-state index contributed by atoms with van der Waals surface area (Å²) in [4.78, 5) is 0. The molecule has 0 spiro atoms. The van der Waals surface area contributed by atoms with Crippen molar-refractivity contribution >= 4 is 43.2 Å². The van der Waals surface area contributed by atoms with E-state index in [9.17, 15) is 0 Å². The molecule has 0 aliphatic rings. The number of rotatable bonds is 0. The van der Waals surface area contributed by atoms with Gasteiger partial charge in [-0.3, -0.25) is 0 Å². The second-order valence-electron chi connectivity index (χ2n) is 0. The fraction of sp³-hybridized carbons (Fsp3) is 0. The minimum Gasteiger partial charge on any atom is 0 e. The van der Waals surface area contributed by atoms with Gasteiger partial charge in [0.15, 0.2) is 0 Å². The Balaban J connectivity index is -0.000000000500. The summed E-state index contributed by atoms with van der Waals surface area (Å²) in [6.07, 6.45) is 0. The minimum atomic E-state index is 0. The minimum absolute atomic E-state index is 0. The largest absolute Gasteiger partial charge is 0 e. The maximum atomic E-state index is 3.31. The molecule has 0 saturated carbocycles. The topological polar surface area (TPSA) is 27.6 Å². The van der Waals surface area contributed by atoms with Crippen LogP contribution in [0.4, 0.5) is 0 Å². The summed E-state index contributed by atoms with van der Waals surface area (Å²) in [5, 5.41) is 0. The fourth-order valence-corrected chi connectivity index (χ4v) is 0. The van der Waals surface area contributed by atoms with E-state index in [-0.39, 0.29) is 105 Å². The van der Waals surface area contributed by atoms with Crippen LogP contribution in [0.5, 0.6) is 0 Å². The number of hydrogen-bond acceptors (Lipinski definition) is 0. The molecular weight excluding hydrogens is 543 g/mol. The first kappa shape index (κ1) is 31.9. The van der Waals surface area contributed by atoms with Crippen molar-refractivity contribution in [3.05, 3.63) is 0 Å². The van der Waals surface area contributed by atoms with E-state index in [0.717, 1.165) is 0 Å². The second-order valence-corrected chi connectivity index (χ2v) is 0. The third-order valence-corrected chi connectivity index (χ3v) is 0. The molecule has 0 saturated heterocycles. The molecular formula is H4AlInIrNScSm+6. The standard InChI is InChI=1S/Al.In.Ir.H3N.Sc.Sm/h;;;1H3;;/q;;+4;;+1;/p+1. The summed E-state index contributed by atoms with van der Waals surface area (Å²) in [6, 6.07) is 0. The molecule has 7 radical (unpaired) electrons. The smallest absolute Gasteiger partial charge is 0 e. The Morgan fingerprint density at radius 1 is 1.33 bits per heavy atom. The number of hydrogen-bond donors (Lipinski definition) is 1. The monoisotopic (exact) mass is 550 g/mol. The van der Waals surface area contributed by atoms with Crippen LogP contribution in [-0.4, -0.2) is 43.2 Å². The molecule has 0 aliphatic heterocycles. The van der Waals surface area contributed by atoms with Crippen LogP contribution >= 0.6 is 0 Å². The van der Waals surface area contributed by atoms with Gasteiger partial charge in [0.25, 0.3) is 0 Å². The van der Waals surface area contributed by atoms with Crippen molar-refractivity contribution < 1.29 is 90.3 Å². The Morgan fingerprint density at radius 3 is 1.33 bits per heavy atom. The van der Waals surface area contributed by atoms with E-state index in [1.165, 1.54) is 24.7 Å². The van der Waals surface area contributed by atoms with Crippen LogP contribution in [0.2, 0.25) is 0 Å². The SMILES string of the molecule is [Al].[H+].[In].[Ir+4].[NH3+][Sc].[Sm]. The Kier molecular flexibility index (Phi) is 186. The van der Waals surface area contributed by atoms with Gasteiger partial charge < -0.3 is 0 Å². The number of quaternary nitrogens is 1. The van der Waals surface area contributed by atoms with Crippen LogP contribution in [0.15, 0.2) is 0 Å². The van der Waals surface area contributed by atoms with Gasteiger partial charge in [0, 0.05) is 83.6 Å². The molecule has 0 aromatic rings. The Labute approximate surface area is 130 Å². The summed E-state index contributed by atoms with van der Waals surface area (Å²) in [5.74, 6) is 0. The summed E-state index contributed by atoms with van der Waals surface area (Å²) < 4.78 is 3.31. The zero-order valence-electron chi connectivity index (χ0n) is 4.18. The predicted molar refractivity (Wildman–Crippen MR) is 15.5 cm³/mol. The Hall–Kier alpha value is 4.22. The molecule has 0 fully saturated rings. The van der Waals surface area contributed by atoms with Gasteiger partial charge in [0.1, 0.15) is 0 Å². The summed E-state index contributed by atoms with van der Waals surface area (Å²) in [6.45, 7) is 0. The molecule has 0 atom stereocenters. The van der Waals surface area contributed by atoms with Crippen LogP contribution in [0, 0.1) is 40.4 Å². The molecule has 0 aromatic carbocycles. The first-order chi connectivity index (χ1) is 1.00. The molecule has 3 N–H and O–H groups in total. The van der Waals surface area contributed by atoms with Gasteiger partial charge in [0.05, 0.1) is 0 Å². The van der Waals surface area contributed by atoms with Gasteiger partial charge in [-0.05, 0) is 0 Å². The van der Waals surface area contributed by atoms with Gasteiger partial charge >= 0.3 is 49.9 Å². The van der Waals surface area contributed by atoms with E-state index in [1.54, 1.807) is 0 Å². The van der Waals surface area contributed by atoms with Gasteiger partial charge in [-0.1, -0.05) is 0 Å². The van der Waals surface area contributed by atoms with E-state index in [0.29, 0.717) is 0 Å². The van der Waals surface area contributed by atoms with E-state index in [1.807, 2.05) is 0 Å². The normalized spacial score (nSPS) is 0.667. The van der Waals surface area contributed by atoms with E-state index >= 15 is 0 Å². The molecule has 1 nitrogen and oxygen atoms in total. The van der Waals surface area contributed by atoms with E-state index in [4.69, 9.17) is 0 Å². The molecule has 0 unspecified atom stereocenters. The van der Waals surface area contributed by atoms with Gasteiger partial charge in [-0.15, -0.1) is 0 Å².